The van der Waals surface area contributed by atoms with E-state index in [0.29, 0.717) is 6.54 Å². The zero-order valence-electron chi connectivity index (χ0n) is 15.7. The van der Waals surface area contributed by atoms with Crippen molar-refractivity contribution in [1.29, 1.82) is 0 Å². The fourth-order valence-corrected chi connectivity index (χ4v) is 3.17. The van der Waals surface area contributed by atoms with E-state index in [2.05, 4.69) is 5.32 Å². The maximum absolute atomic E-state index is 13.7. The average molecular weight is 439 g/mol. The summed E-state index contributed by atoms with van der Waals surface area (Å²) in [5.41, 5.74) is 0.0510. The monoisotopic (exact) mass is 438 g/mol. The van der Waals surface area contributed by atoms with Crippen LogP contribution in [0.4, 0.5) is 4.39 Å². The van der Waals surface area contributed by atoms with E-state index in [9.17, 15) is 18.8 Å². The van der Waals surface area contributed by atoms with E-state index in [1.807, 2.05) is 17.5 Å². The zero-order valence-corrected chi connectivity index (χ0v) is 17.3. The molecule has 0 saturated heterocycles. The Morgan fingerprint density at radius 1 is 1.28 bits per heavy atom. The van der Waals surface area contributed by atoms with Gasteiger partial charge in [0.1, 0.15) is 5.82 Å². The average Bonchev–Trinajstić information content (AvgIpc) is 3.22. The lowest BCUT2D eigenvalue weighted by Gasteiger charge is -2.20. The number of nitrogens with one attached hydrogen (secondary N) is 1. The molecule has 1 heterocycles. The van der Waals surface area contributed by atoms with Crippen LogP contribution in [0.5, 0.6) is 0 Å². The molecule has 2 rings (SSSR count). The van der Waals surface area contributed by atoms with Gasteiger partial charge < -0.3 is 15.0 Å². The lowest BCUT2D eigenvalue weighted by atomic mass is 10.2. The van der Waals surface area contributed by atoms with Crippen molar-refractivity contribution in [2.75, 3.05) is 19.7 Å². The summed E-state index contributed by atoms with van der Waals surface area (Å²) in [5.74, 6) is -2.22. The number of hydrogen-bond donors (Lipinski definition) is 1. The van der Waals surface area contributed by atoms with Gasteiger partial charge in [-0.05, 0) is 36.6 Å². The Morgan fingerprint density at radius 3 is 2.72 bits per heavy atom. The quantitative estimate of drug-likeness (QED) is 0.481. The molecule has 154 valence electrons. The van der Waals surface area contributed by atoms with Crippen molar-refractivity contribution >= 4 is 46.8 Å². The van der Waals surface area contributed by atoms with Gasteiger partial charge in [0.2, 0.25) is 5.91 Å². The number of carbonyl (C=O) groups is 3. The maximum Gasteiger partial charge on any atom is 0.331 e. The minimum absolute atomic E-state index is 0.0510. The van der Waals surface area contributed by atoms with E-state index in [-0.39, 0.29) is 29.6 Å². The number of nitrogens with zero attached hydrogens (tertiary/aromatic N) is 1. The number of rotatable bonds is 9. The first-order valence-corrected chi connectivity index (χ1v) is 10.0. The summed E-state index contributed by atoms with van der Waals surface area (Å²) in [6.45, 7) is 1.72. The van der Waals surface area contributed by atoms with Crippen LogP contribution in [0.2, 0.25) is 5.02 Å². The fraction of sp³-hybridized carbons (Fsp3) is 0.250. The zero-order chi connectivity index (χ0) is 21.2. The molecule has 0 aliphatic carbocycles. The molecule has 6 nitrogen and oxygen atoms in total. The van der Waals surface area contributed by atoms with Crippen LogP contribution >= 0.6 is 22.9 Å². The highest BCUT2D eigenvalue weighted by molar-refractivity contribution is 7.09. The van der Waals surface area contributed by atoms with Crippen LogP contribution in [0.1, 0.15) is 17.4 Å². The Balaban J connectivity index is 1.80. The molecule has 0 spiro atoms. The van der Waals surface area contributed by atoms with Gasteiger partial charge in [-0.3, -0.25) is 9.59 Å². The predicted molar refractivity (Wildman–Crippen MR) is 110 cm³/mol. The van der Waals surface area contributed by atoms with Crippen LogP contribution in [-0.4, -0.2) is 42.4 Å². The summed E-state index contributed by atoms with van der Waals surface area (Å²) in [6.07, 6.45) is 2.17. The van der Waals surface area contributed by atoms with E-state index >= 15 is 0 Å². The molecule has 9 heteroatoms. The molecule has 2 amide bonds. The topological polar surface area (TPSA) is 75.7 Å². The van der Waals surface area contributed by atoms with Gasteiger partial charge in [0, 0.05) is 23.1 Å². The van der Waals surface area contributed by atoms with Crippen molar-refractivity contribution in [3.05, 3.63) is 63.1 Å². The van der Waals surface area contributed by atoms with Crippen molar-refractivity contribution in [2.24, 2.45) is 0 Å². The van der Waals surface area contributed by atoms with Crippen molar-refractivity contribution in [3.8, 4) is 0 Å². The molecule has 1 aromatic carbocycles. The predicted octanol–water partition coefficient (Wildman–Crippen LogP) is 3.26. The molecular formula is C20H20ClFN2O4S. The summed E-state index contributed by atoms with van der Waals surface area (Å²) >= 11 is 7.39. The third kappa shape index (κ3) is 7.32. The summed E-state index contributed by atoms with van der Waals surface area (Å²) in [6, 6.07) is 7.93. The largest absolute Gasteiger partial charge is 0.452 e. The number of ether oxygens (including phenoxy) is 1. The first-order chi connectivity index (χ1) is 13.9. The Kier molecular flexibility index (Phi) is 8.82. The van der Waals surface area contributed by atoms with Gasteiger partial charge in [-0.2, -0.15) is 0 Å². The van der Waals surface area contributed by atoms with Gasteiger partial charge in [-0.15, -0.1) is 11.3 Å². The van der Waals surface area contributed by atoms with Gasteiger partial charge in [0.15, 0.2) is 6.61 Å². The molecule has 0 fully saturated rings. The number of carbonyl (C=O) groups excluding carboxylic acids is 3. The second-order valence-corrected chi connectivity index (χ2v) is 7.28. The first-order valence-electron chi connectivity index (χ1n) is 8.76. The molecule has 0 aliphatic rings. The molecule has 0 saturated carbocycles. The highest BCUT2D eigenvalue weighted by atomic mass is 35.5. The van der Waals surface area contributed by atoms with Gasteiger partial charge >= 0.3 is 5.97 Å². The smallest absolute Gasteiger partial charge is 0.331 e. The number of likely N-dealkylation sites (N-methyl/N-ethyl adjacent to an activating group) is 1. The van der Waals surface area contributed by atoms with Crippen LogP contribution in [0, 0.1) is 5.82 Å². The van der Waals surface area contributed by atoms with Crippen LogP contribution in [0.15, 0.2) is 41.8 Å². The maximum atomic E-state index is 13.7. The molecule has 0 unspecified atom stereocenters. The van der Waals surface area contributed by atoms with Gasteiger partial charge in [-0.1, -0.05) is 23.7 Å². The Labute approximate surface area is 176 Å². The second kappa shape index (κ2) is 11.3. The summed E-state index contributed by atoms with van der Waals surface area (Å²) in [4.78, 5) is 38.3. The molecule has 29 heavy (non-hydrogen) atoms. The molecule has 0 aliphatic heterocycles. The fourth-order valence-electron chi connectivity index (χ4n) is 2.30. The summed E-state index contributed by atoms with van der Waals surface area (Å²) in [7, 11) is 0. The molecular weight excluding hydrogens is 419 g/mol. The van der Waals surface area contributed by atoms with Crippen molar-refractivity contribution in [3.63, 3.8) is 0 Å². The number of thiophene rings is 1. The number of amides is 2. The van der Waals surface area contributed by atoms with E-state index in [1.165, 1.54) is 40.5 Å². The summed E-state index contributed by atoms with van der Waals surface area (Å²) < 4.78 is 18.5. The van der Waals surface area contributed by atoms with Crippen molar-refractivity contribution < 1.29 is 23.5 Å². The molecule has 1 N–H and O–H groups in total. The SMILES string of the molecule is CCN(CC(=O)NCc1cccs1)C(=O)COC(=O)/C=C/c1c(F)cccc1Cl. The van der Waals surface area contributed by atoms with E-state index in [0.717, 1.165) is 11.0 Å². The van der Waals surface area contributed by atoms with E-state index in [4.69, 9.17) is 16.3 Å². The summed E-state index contributed by atoms with van der Waals surface area (Å²) in [5, 5.41) is 4.79. The minimum Gasteiger partial charge on any atom is -0.452 e. The normalized spacial score (nSPS) is 10.7. The Bertz CT molecular complexity index is 866. The van der Waals surface area contributed by atoms with Crippen molar-refractivity contribution in [1.82, 2.24) is 10.2 Å². The van der Waals surface area contributed by atoms with E-state index < -0.39 is 24.3 Å². The lowest BCUT2D eigenvalue weighted by Crippen LogP contribution is -2.42. The van der Waals surface area contributed by atoms with Gasteiger partial charge in [0.05, 0.1) is 18.1 Å². The lowest BCUT2D eigenvalue weighted by molar-refractivity contribution is -0.148. The van der Waals surface area contributed by atoms with Gasteiger partial charge in [-0.25, -0.2) is 9.18 Å². The second-order valence-electron chi connectivity index (χ2n) is 5.84. The standard InChI is InChI=1S/C20H20ClFN2O4S/c1-2-24(12-18(25)23-11-14-5-4-10-29-14)19(26)13-28-20(27)9-8-15-16(21)6-3-7-17(15)22/h3-10H,2,11-13H2,1H3,(H,23,25)/b9-8+. The highest BCUT2D eigenvalue weighted by Gasteiger charge is 2.17. The number of halogens is 2. The van der Waals surface area contributed by atoms with E-state index in [1.54, 1.807) is 6.92 Å². The highest BCUT2D eigenvalue weighted by Crippen LogP contribution is 2.20. The minimum atomic E-state index is -0.823. The molecule has 0 radical (unpaired) electrons. The number of esters is 1. The van der Waals surface area contributed by atoms with Crippen LogP contribution < -0.4 is 5.32 Å². The first kappa shape index (κ1) is 22.6. The molecule has 2 aromatic rings. The Hall–Kier alpha value is -2.71. The van der Waals surface area contributed by atoms with Crippen LogP contribution in [0.3, 0.4) is 0 Å². The van der Waals surface area contributed by atoms with Gasteiger partial charge in [0.25, 0.3) is 5.91 Å². The van der Waals surface area contributed by atoms with Crippen LogP contribution in [-0.2, 0) is 25.7 Å². The number of hydrogen-bond acceptors (Lipinski definition) is 5. The molecule has 0 bridgehead atoms. The molecule has 1 aromatic heterocycles. The Morgan fingerprint density at radius 2 is 2.07 bits per heavy atom. The third-order valence-electron chi connectivity index (χ3n) is 3.83. The van der Waals surface area contributed by atoms with Crippen LogP contribution in [0.25, 0.3) is 6.08 Å². The number of benzene rings is 1. The molecule has 0 atom stereocenters. The van der Waals surface area contributed by atoms with Crippen molar-refractivity contribution in [2.45, 2.75) is 13.5 Å². The third-order valence-corrected chi connectivity index (χ3v) is 5.04.